The molecule has 2 nitrogen and oxygen atoms in total. The van der Waals surface area contributed by atoms with Crippen LogP contribution in [0.1, 0.15) is 24.8 Å². The number of ether oxygens (including phenoxy) is 1. The SMILES string of the molecule is Fc1ccc(COCC2CCCCN2)cc1Br. The summed E-state index contributed by atoms with van der Waals surface area (Å²) in [5.41, 5.74) is 0.995. The van der Waals surface area contributed by atoms with E-state index in [-0.39, 0.29) is 5.82 Å². The van der Waals surface area contributed by atoms with Crippen molar-refractivity contribution in [3.63, 3.8) is 0 Å². The van der Waals surface area contributed by atoms with Crippen molar-refractivity contribution in [3.05, 3.63) is 34.1 Å². The third kappa shape index (κ3) is 4.05. The first-order chi connectivity index (χ1) is 8.25. The normalized spacial score (nSPS) is 20.5. The molecular formula is C13H17BrFNO. The molecule has 1 aromatic rings. The van der Waals surface area contributed by atoms with Gasteiger partial charge in [0.25, 0.3) is 0 Å². The maximum Gasteiger partial charge on any atom is 0.137 e. The molecule has 17 heavy (non-hydrogen) atoms. The zero-order chi connectivity index (χ0) is 12.1. The molecule has 1 fully saturated rings. The van der Waals surface area contributed by atoms with Crippen LogP contribution in [0.5, 0.6) is 0 Å². The van der Waals surface area contributed by atoms with E-state index >= 15 is 0 Å². The van der Waals surface area contributed by atoms with Crippen molar-refractivity contribution in [2.24, 2.45) is 0 Å². The molecule has 0 aliphatic carbocycles. The highest BCUT2D eigenvalue weighted by Crippen LogP contribution is 2.17. The molecule has 94 valence electrons. The van der Waals surface area contributed by atoms with Crippen molar-refractivity contribution in [1.29, 1.82) is 0 Å². The summed E-state index contributed by atoms with van der Waals surface area (Å²) in [6, 6.07) is 5.47. The van der Waals surface area contributed by atoms with Gasteiger partial charge >= 0.3 is 0 Å². The Morgan fingerprint density at radius 3 is 3.00 bits per heavy atom. The summed E-state index contributed by atoms with van der Waals surface area (Å²) < 4.78 is 19.2. The van der Waals surface area contributed by atoms with Crippen molar-refractivity contribution in [3.8, 4) is 0 Å². The number of hydrogen-bond donors (Lipinski definition) is 1. The van der Waals surface area contributed by atoms with Crippen LogP contribution in [0.2, 0.25) is 0 Å². The topological polar surface area (TPSA) is 21.3 Å². The van der Waals surface area contributed by atoms with Crippen molar-refractivity contribution in [2.45, 2.75) is 31.9 Å². The van der Waals surface area contributed by atoms with Crippen molar-refractivity contribution < 1.29 is 9.13 Å². The number of hydrogen-bond acceptors (Lipinski definition) is 2. The number of halogens is 2. The van der Waals surface area contributed by atoms with E-state index in [9.17, 15) is 4.39 Å². The molecule has 1 heterocycles. The predicted octanol–water partition coefficient (Wildman–Crippen LogP) is 3.25. The van der Waals surface area contributed by atoms with E-state index in [1.54, 1.807) is 12.1 Å². The second kappa shape index (κ2) is 6.47. The van der Waals surface area contributed by atoms with Gasteiger partial charge in [-0.2, -0.15) is 0 Å². The summed E-state index contributed by atoms with van der Waals surface area (Å²) in [6.07, 6.45) is 3.73. The van der Waals surface area contributed by atoms with Gasteiger partial charge in [0.1, 0.15) is 5.82 Å². The Balaban J connectivity index is 1.75. The van der Waals surface area contributed by atoms with Gasteiger partial charge in [-0.3, -0.25) is 0 Å². The Labute approximate surface area is 110 Å². The fraction of sp³-hybridized carbons (Fsp3) is 0.538. The minimum Gasteiger partial charge on any atom is -0.375 e. The molecule has 0 amide bonds. The lowest BCUT2D eigenvalue weighted by Gasteiger charge is -2.23. The van der Waals surface area contributed by atoms with Gasteiger partial charge in [0.05, 0.1) is 17.7 Å². The molecule has 0 radical (unpaired) electrons. The zero-order valence-electron chi connectivity index (χ0n) is 9.72. The minimum absolute atomic E-state index is 0.234. The predicted molar refractivity (Wildman–Crippen MR) is 69.4 cm³/mol. The largest absolute Gasteiger partial charge is 0.375 e. The number of piperidine rings is 1. The van der Waals surface area contributed by atoms with E-state index in [2.05, 4.69) is 21.2 Å². The summed E-state index contributed by atoms with van der Waals surface area (Å²) in [6.45, 7) is 2.36. The maximum atomic E-state index is 13.0. The molecule has 4 heteroatoms. The van der Waals surface area contributed by atoms with Crippen LogP contribution < -0.4 is 5.32 Å². The fourth-order valence-corrected chi connectivity index (χ4v) is 2.44. The number of rotatable bonds is 4. The second-order valence-electron chi connectivity index (χ2n) is 4.41. The molecule has 1 aromatic carbocycles. The van der Waals surface area contributed by atoms with E-state index < -0.39 is 0 Å². The monoisotopic (exact) mass is 301 g/mol. The first-order valence-corrected chi connectivity index (χ1v) is 6.80. The Morgan fingerprint density at radius 2 is 2.29 bits per heavy atom. The van der Waals surface area contributed by atoms with Crippen LogP contribution in [0.15, 0.2) is 22.7 Å². The van der Waals surface area contributed by atoms with Crippen LogP contribution in [0.4, 0.5) is 4.39 Å². The lowest BCUT2D eigenvalue weighted by molar-refractivity contribution is 0.0911. The molecule has 0 spiro atoms. The first-order valence-electron chi connectivity index (χ1n) is 6.01. The van der Waals surface area contributed by atoms with Crippen molar-refractivity contribution in [2.75, 3.05) is 13.2 Å². The van der Waals surface area contributed by atoms with E-state index in [0.29, 0.717) is 17.1 Å². The quantitative estimate of drug-likeness (QED) is 0.922. The van der Waals surface area contributed by atoms with Crippen LogP contribution in [0.25, 0.3) is 0 Å². The molecule has 1 aliphatic heterocycles. The van der Waals surface area contributed by atoms with Gasteiger partial charge in [-0.1, -0.05) is 12.5 Å². The first kappa shape index (κ1) is 13.0. The number of benzene rings is 1. The van der Waals surface area contributed by atoms with Gasteiger partial charge in [0.2, 0.25) is 0 Å². The summed E-state index contributed by atoms with van der Waals surface area (Å²) in [5.74, 6) is -0.234. The van der Waals surface area contributed by atoms with E-state index in [0.717, 1.165) is 18.7 Å². The molecule has 1 unspecified atom stereocenters. The van der Waals surface area contributed by atoms with Gasteiger partial charge < -0.3 is 10.1 Å². The van der Waals surface area contributed by atoms with Gasteiger partial charge in [-0.05, 0) is 53.0 Å². The molecular weight excluding hydrogens is 285 g/mol. The van der Waals surface area contributed by atoms with Crippen LogP contribution in [0.3, 0.4) is 0 Å². The van der Waals surface area contributed by atoms with E-state index in [1.807, 2.05) is 0 Å². The molecule has 0 saturated carbocycles. The highest BCUT2D eigenvalue weighted by molar-refractivity contribution is 9.10. The van der Waals surface area contributed by atoms with Gasteiger partial charge in [-0.15, -0.1) is 0 Å². The average molecular weight is 302 g/mol. The molecule has 1 atom stereocenters. The van der Waals surface area contributed by atoms with Crippen LogP contribution in [0, 0.1) is 5.82 Å². The standard InChI is InChI=1S/C13H17BrFNO/c14-12-7-10(4-5-13(12)15)8-17-9-11-3-1-2-6-16-11/h4-5,7,11,16H,1-3,6,8-9H2. The highest BCUT2D eigenvalue weighted by atomic mass is 79.9. The molecule has 0 aromatic heterocycles. The van der Waals surface area contributed by atoms with Crippen molar-refractivity contribution >= 4 is 15.9 Å². The molecule has 2 rings (SSSR count). The van der Waals surface area contributed by atoms with Crippen molar-refractivity contribution in [1.82, 2.24) is 5.32 Å². The lowest BCUT2D eigenvalue weighted by atomic mass is 10.1. The third-order valence-corrected chi connectivity index (χ3v) is 3.59. The Bertz CT molecular complexity index is 366. The Morgan fingerprint density at radius 1 is 1.41 bits per heavy atom. The molecule has 1 aliphatic rings. The van der Waals surface area contributed by atoms with E-state index in [1.165, 1.54) is 25.3 Å². The van der Waals surface area contributed by atoms with Gasteiger partial charge in [0, 0.05) is 6.04 Å². The summed E-state index contributed by atoms with van der Waals surface area (Å²) >= 11 is 3.17. The zero-order valence-corrected chi connectivity index (χ0v) is 11.3. The Kier molecular flexibility index (Phi) is 4.95. The van der Waals surface area contributed by atoms with E-state index in [4.69, 9.17) is 4.74 Å². The maximum absolute atomic E-state index is 13.0. The summed E-state index contributed by atoms with van der Waals surface area (Å²) in [7, 11) is 0. The molecule has 1 N–H and O–H groups in total. The van der Waals surface area contributed by atoms with Crippen LogP contribution in [-0.4, -0.2) is 19.2 Å². The average Bonchev–Trinajstić information content (AvgIpc) is 2.35. The minimum atomic E-state index is -0.234. The smallest absolute Gasteiger partial charge is 0.137 e. The van der Waals surface area contributed by atoms with Crippen LogP contribution in [-0.2, 0) is 11.3 Å². The molecule has 0 bridgehead atoms. The third-order valence-electron chi connectivity index (χ3n) is 2.98. The molecule has 1 saturated heterocycles. The fourth-order valence-electron chi connectivity index (χ4n) is 2.01. The van der Waals surface area contributed by atoms with Gasteiger partial charge in [-0.25, -0.2) is 4.39 Å². The Hall–Kier alpha value is -0.450. The van der Waals surface area contributed by atoms with Gasteiger partial charge in [0.15, 0.2) is 0 Å². The number of nitrogens with one attached hydrogen (secondary N) is 1. The second-order valence-corrected chi connectivity index (χ2v) is 5.26. The summed E-state index contributed by atoms with van der Waals surface area (Å²) in [5, 5.41) is 3.43. The highest BCUT2D eigenvalue weighted by Gasteiger charge is 2.12. The lowest BCUT2D eigenvalue weighted by Crippen LogP contribution is -2.37. The van der Waals surface area contributed by atoms with Crippen LogP contribution >= 0.6 is 15.9 Å². The summed E-state index contributed by atoms with van der Waals surface area (Å²) in [4.78, 5) is 0.